The number of pyridine rings is 1. The van der Waals surface area contributed by atoms with Gasteiger partial charge in [0.2, 0.25) is 0 Å². The molecular formula is C29H32F3N7O. The summed E-state index contributed by atoms with van der Waals surface area (Å²) >= 11 is 0. The lowest BCUT2D eigenvalue weighted by atomic mass is 10.0. The highest BCUT2D eigenvalue weighted by Crippen LogP contribution is 2.34. The van der Waals surface area contributed by atoms with Crippen LogP contribution in [0.3, 0.4) is 0 Å². The number of rotatable bonds is 7. The van der Waals surface area contributed by atoms with Crippen LogP contribution < -0.4 is 16.8 Å². The summed E-state index contributed by atoms with van der Waals surface area (Å²) in [4.78, 5) is 21.0. The number of alkyl halides is 3. The first-order valence-corrected chi connectivity index (χ1v) is 12.4. The van der Waals surface area contributed by atoms with Crippen LogP contribution in [0, 0.1) is 17.3 Å². The van der Waals surface area contributed by atoms with Gasteiger partial charge < -0.3 is 21.7 Å². The van der Waals surface area contributed by atoms with Gasteiger partial charge in [-0.2, -0.15) is 13.2 Å². The van der Waals surface area contributed by atoms with Gasteiger partial charge in [0.25, 0.3) is 5.91 Å². The molecule has 6 N–H and O–H groups in total. The maximum Gasteiger partial charge on any atom is 0.416 e. The number of likely N-dealkylation sites (N-methyl/N-ethyl adjacent to an activating group) is 1. The van der Waals surface area contributed by atoms with E-state index in [0.717, 1.165) is 19.2 Å². The molecule has 3 rings (SSSR count). The lowest BCUT2D eigenvalue weighted by Crippen LogP contribution is -2.44. The summed E-state index contributed by atoms with van der Waals surface area (Å²) in [6.07, 6.45) is 1.14. The molecule has 11 heteroatoms. The Balaban J connectivity index is 1.75. The van der Waals surface area contributed by atoms with E-state index in [4.69, 9.17) is 16.9 Å². The van der Waals surface area contributed by atoms with Crippen molar-refractivity contribution in [2.75, 3.05) is 38.5 Å². The number of hydrogen-bond donors (Lipinski definition) is 4. The van der Waals surface area contributed by atoms with Gasteiger partial charge in [-0.15, -0.1) is 0 Å². The Morgan fingerprint density at radius 3 is 2.52 bits per heavy atom. The summed E-state index contributed by atoms with van der Waals surface area (Å²) in [6.45, 7) is 8.29. The van der Waals surface area contributed by atoms with Crippen molar-refractivity contribution >= 4 is 17.3 Å². The van der Waals surface area contributed by atoms with Gasteiger partial charge in [-0.1, -0.05) is 18.6 Å². The molecule has 0 saturated carbocycles. The van der Waals surface area contributed by atoms with E-state index in [1.54, 1.807) is 6.92 Å². The first kappa shape index (κ1) is 30.1. The molecule has 0 aliphatic carbocycles. The van der Waals surface area contributed by atoms with Gasteiger partial charge in [0.15, 0.2) is 0 Å². The van der Waals surface area contributed by atoms with Crippen LogP contribution >= 0.6 is 0 Å². The molecule has 1 fully saturated rings. The molecule has 1 aliphatic rings. The zero-order valence-electron chi connectivity index (χ0n) is 22.4. The quantitative estimate of drug-likeness (QED) is 0.236. The zero-order valence-corrected chi connectivity index (χ0v) is 22.4. The fourth-order valence-electron chi connectivity index (χ4n) is 3.83. The second kappa shape index (κ2) is 13.1. The number of aromatic nitrogens is 1. The van der Waals surface area contributed by atoms with E-state index < -0.39 is 17.6 Å². The van der Waals surface area contributed by atoms with Crippen molar-refractivity contribution in [1.82, 2.24) is 14.8 Å². The van der Waals surface area contributed by atoms with Crippen molar-refractivity contribution in [3.8, 4) is 11.8 Å². The van der Waals surface area contributed by atoms with E-state index in [2.05, 4.69) is 33.6 Å². The van der Waals surface area contributed by atoms with Crippen molar-refractivity contribution in [3.05, 3.63) is 94.6 Å². The number of anilines is 1. The van der Waals surface area contributed by atoms with Crippen molar-refractivity contribution in [3.63, 3.8) is 0 Å². The SMILES string of the molecule is C=C(N)/C=C\C(N)=C(/C)C(=N)C#Cc1cncc(C(=O)Nc2ccc(CN3CCN(C)CC3)c(C(F)(F)F)c2)c1. The first-order chi connectivity index (χ1) is 18.8. The molecule has 0 bridgehead atoms. The van der Waals surface area contributed by atoms with E-state index in [1.165, 1.54) is 42.7 Å². The molecular weight excluding hydrogens is 519 g/mol. The minimum atomic E-state index is -4.58. The number of hydrogen-bond acceptors (Lipinski definition) is 7. The third-order valence-corrected chi connectivity index (χ3v) is 6.28. The number of benzene rings is 1. The van der Waals surface area contributed by atoms with Crippen LogP contribution in [-0.2, 0) is 12.7 Å². The summed E-state index contributed by atoms with van der Waals surface area (Å²) in [5.41, 5.74) is 12.2. The number of nitrogens with zero attached hydrogens (tertiary/aromatic N) is 3. The molecule has 40 heavy (non-hydrogen) atoms. The number of amides is 1. The van der Waals surface area contributed by atoms with Crippen molar-refractivity contribution in [2.24, 2.45) is 11.5 Å². The highest BCUT2D eigenvalue weighted by molar-refractivity contribution is 6.11. The number of carbonyl (C=O) groups excluding carboxylic acids is 1. The predicted octanol–water partition coefficient (Wildman–Crippen LogP) is 3.73. The van der Waals surface area contributed by atoms with Crippen LogP contribution in [0.4, 0.5) is 18.9 Å². The smallest absolute Gasteiger partial charge is 0.399 e. The Morgan fingerprint density at radius 2 is 1.88 bits per heavy atom. The molecule has 210 valence electrons. The van der Waals surface area contributed by atoms with Crippen molar-refractivity contribution in [1.29, 1.82) is 5.41 Å². The third-order valence-electron chi connectivity index (χ3n) is 6.28. The number of piperazine rings is 1. The summed E-state index contributed by atoms with van der Waals surface area (Å²) in [5, 5.41) is 10.6. The average Bonchev–Trinajstić information content (AvgIpc) is 2.91. The number of allylic oxidation sites excluding steroid dienone is 3. The maximum absolute atomic E-state index is 13.9. The molecule has 0 spiro atoms. The molecule has 1 aromatic heterocycles. The maximum atomic E-state index is 13.9. The topological polar surface area (TPSA) is 124 Å². The Labute approximate surface area is 231 Å². The van der Waals surface area contributed by atoms with Crippen LogP contribution in [0.5, 0.6) is 0 Å². The fraction of sp³-hybridized carbons (Fsp3) is 0.276. The van der Waals surface area contributed by atoms with E-state index >= 15 is 0 Å². The molecule has 1 aromatic carbocycles. The molecule has 0 unspecified atom stereocenters. The van der Waals surface area contributed by atoms with Crippen LogP contribution in [0.25, 0.3) is 0 Å². The normalized spacial score (nSPS) is 15.2. The minimum Gasteiger partial charge on any atom is -0.399 e. The molecule has 0 atom stereocenters. The molecule has 2 aromatic rings. The van der Waals surface area contributed by atoms with Crippen molar-refractivity contribution < 1.29 is 18.0 Å². The zero-order chi connectivity index (χ0) is 29.4. The fourth-order valence-corrected chi connectivity index (χ4v) is 3.83. The predicted molar refractivity (Wildman–Crippen MR) is 150 cm³/mol. The van der Waals surface area contributed by atoms with Gasteiger partial charge in [0.05, 0.1) is 11.1 Å². The minimum absolute atomic E-state index is 0.0159. The van der Waals surface area contributed by atoms with Crippen LogP contribution in [0.2, 0.25) is 0 Å². The first-order valence-electron chi connectivity index (χ1n) is 12.4. The van der Waals surface area contributed by atoms with E-state index in [1.807, 2.05) is 11.9 Å². The van der Waals surface area contributed by atoms with E-state index in [9.17, 15) is 18.0 Å². The largest absolute Gasteiger partial charge is 0.416 e. The molecule has 2 heterocycles. The summed E-state index contributed by atoms with van der Waals surface area (Å²) in [5.74, 6) is 4.77. The Bertz CT molecular complexity index is 1410. The second-order valence-electron chi connectivity index (χ2n) is 9.48. The van der Waals surface area contributed by atoms with Gasteiger partial charge in [-0.25, -0.2) is 0 Å². The van der Waals surface area contributed by atoms with Crippen LogP contribution in [0.15, 0.2) is 72.4 Å². The van der Waals surface area contributed by atoms with Gasteiger partial charge in [-0.3, -0.25) is 20.1 Å². The van der Waals surface area contributed by atoms with E-state index in [0.29, 0.717) is 35.6 Å². The number of halogens is 3. The van der Waals surface area contributed by atoms with Gasteiger partial charge in [0, 0.05) is 73.3 Å². The number of carbonyl (C=O) groups is 1. The lowest BCUT2D eigenvalue weighted by Gasteiger charge is -2.33. The molecule has 1 amide bonds. The van der Waals surface area contributed by atoms with Crippen molar-refractivity contribution in [2.45, 2.75) is 19.6 Å². The Morgan fingerprint density at radius 1 is 1.18 bits per heavy atom. The monoisotopic (exact) mass is 551 g/mol. The average molecular weight is 552 g/mol. The highest BCUT2D eigenvalue weighted by Gasteiger charge is 2.34. The number of nitrogens with two attached hydrogens (primary N) is 2. The van der Waals surface area contributed by atoms with Crippen LogP contribution in [0.1, 0.15) is 34.0 Å². The van der Waals surface area contributed by atoms with Gasteiger partial charge in [-0.05, 0) is 55.8 Å². The molecule has 8 nitrogen and oxygen atoms in total. The summed E-state index contributed by atoms with van der Waals surface area (Å²) < 4.78 is 41.7. The highest BCUT2D eigenvalue weighted by atomic mass is 19.4. The molecule has 1 saturated heterocycles. The summed E-state index contributed by atoms with van der Waals surface area (Å²) in [7, 11) is 1.98. The lowest BCUT2D eigenvalue weighted by molar-refractivity contribution is -0.138. The molecule has 0 radical (unpaired) electrons. The Kier molecular flexibility index (Phi) is 9.87. The number of nitrogens with one attached hydrogen (secondary N) is 2. The standard InChI is InChI=1S/C29H32F3N7O/c1-19(33)4-8-26(34)20(2)27(35)9-5-21-14-23(17-36-16-21)28(40)37-24-7-6-22(25(15-24)29(30,31)32)18-39-12-10-38(3)11-13-39/h4,6-8,14-17,35H,1,10-13,18,33-34H2,2-3H3,(H,37,40)/b8-4-,26-20-,35-27?. The van der Waals surface area contributed by atoms with Crippen LogP contribution in [-0.4, -0.2) is 59.6 Å². The third kappa shape index (κ3) is 8.56. The second-order valence-corrected chi connectivity index (χ2v) is 9.48. The summed E-state index contributed by atoms with van der Waals surface area (Å²) in [6, 6.07) is 5.26. The van der Waals surface area contributed by atoms with Gasteiger partial charge in [0.1, 0.15) is 5.71 Å². The van der Waals surface area contributed by atoms with Gasteiger partial charge >= 0.3 is 6.18 Å². The van der Waals surface area contributed by atoms with E-state index in [-0.39, 0.29) is 29.1 Å². The molecule has 1 aliphatic heterocycles. The Hall–Kier alpha value is -4.40.